The van der Waals surface area contributed by atoms with Gasteiger partial charge in [-0.15, -0.1) is 0 Å². The molecule has 1 aromatic heterocycles. The molecular weight excluding hydrogens is 266 g/mol. The Morgan fingerprint density at radius 3 is 3.00 bits per heavy atom. The highest BCUT2D eigenvalue weighted by molar-refractivity contribution is 8.00. The molecule has 0 spiro atoms. The second-order valence-corrected chi connectivity index (χ2v) is 6.63. The van der Waals surface area contributed by atoms with Crippen molar-refractivity contribution in [2.75, 3.05) is 12.3 Å². The van der Waals surface area contributed by atoms with E-state index in [1.165, 1.54) is 11.7 Å². The number of thioether (sulfide) groups is 1. The molecule has 18 heavy (non-hydrogen) atoms. The summed E-state index contributed by atoms with van der Waals surface area (Å²) in [5.74, 6) is 1.24. The molecule has 2 aromatic rings. The van der Waals surface area contributed by atoms with E-state index in [0.717, 1.165) is 35.3 Å². The molecule has 2 saturated heterocycles. The molecule has 3 heterocycles. The lowest BCUT2D eigenvalue weighted by molar-refractivity contribution is 0.0747. The molecule has 6 heteroatoms. The largest absolute Gasteiger partial charge is 0.334 e. The molecule has 92 valence electrons. The number of aromatic nitrogens is 2. The Bertz CT molecular complexity index is 627. The van der Waals surface area contributed by atoms with Crippen LogP contribution in [0.1, 0.15) is 16.8 Å². The summed E-state index contributed by atoms with van der Waals surface area (Å²) in [5, 5.41) is 0.656. The maximum absolute atomic E-state index is 12.5. The first-order valence-electron chi connectivity index (χ1n) is 5.96. The van der Waals surface area contributed by atoms with Gasteiger partial charge in [-0.2, -0.15) is 20.5 Å². The summed E-state index contributed by atoms with van der Waals surface area (Å²) in [6.07, 6.45) is 1.16. The smallest absolute Gasteiger partial charge is 0.254 e. The van der Waals surface area contributed by atoms with Crippen molar-refractivity contribution < 1.29 is 4.79 Å². The van der Waals surface area contributed by atoms with Crippen molar-refractivity contribution in [2.24, 2.45) is 0 Å². The van der Waals surface area contributed by atoms with Gasteiger partial charge in [0, 0.05) is 29.2 Å². The fourth-order valence-electron chi connectivity index (χ4n) is 2.73. The number of carbonyl (C=O) groups is 1. The molecule has 2 fully saturated rings. The Balaban J connectivity index is 1.67. The first kappa shape index (κ1) is 10.8. The maximum atomic E-state index is 12.5. The van der Waals surface area contributed by atoms with Gasteiger partial charge < -0.3 is 4.90 Å². The number of amides is 1. The summed E-state index contributed by atoms with van der Waals surface area (Å²) in [7, 11) is 0. The Labute approximate surface area is 113 Å². The number of rotatable bonds is 1. The zero-order valence-electron chi connectivity index (χ0n) is 9.57. The summed E-state index contributed by atoms with van der Waals surface area (Å²) in [5.41, 5.74) is 2.44. The van der Waals surface area contributed by atoms with Crippen LogP contribution in [-0.4, -0.2) is 43.1 Å². The highest BCUT2D eigenvalue weighted by atomic mass is 32.2. The number of hydrogen-bond acceptors (Lipinski definition) is 5. The lowest BCUT2D eigenvalue weighted by Crippen LogP contribution is -2.39. The summed E-state index contributed by atoms with van der Waals surface area (Å²) >= 11 is 3.19. The third-order valence-corrected chi connectivity index (χ3v) is 5.61. The van der Waals surface area contributed by atoms with Crippen LogP contribution in [0.5, 0.6) is 0 Å². The van der Waals surface area contributed by atoms with Crippen molar-refractivity contribution in [3.05, 3.63) is 23.8 Å². The van der Waals surface area contributed by atoms with E-state index in [2.05, 4.69) is 8.75 Å². The molecule has 0 radical (unpaired) electrons. The van der Waals surface area contributed by atoms with Gasteiger partial charge in [0.2, 0.25) is 0 Å². The number of nitrogens with zero attached hydrogens (tertiary/aromatic N) is 3. The normalized spacial score (nSPS) is 26.1. The SMILES string of the molecule is O=C(c1ccc2nsnc2c1)N1CC2CC1CS2. The molecule has 0 aliphatic carbocycles. The van der Waals surface area contributed by atoms with E-state index in [4.69, 9.17) is 0 Å². The summed E-state index contributed by atoms with van der Waals surface area (Å²) in [6, 6.07) is 6.05. The summed E-state index contributed by atoms with van der Waals surface area (Å²) in [4.78, 5) is 14.5. The molecule has 2 aliphatic heterocycles. The molecule has 4 nitrogen and oxygen atoms in total. The van der Waals surface area contributed by atoms with Crippen molar-refractivity contribution in [3.8, 4) is 0 Å². The maximum Gasteiger partial charge on any atom is 0.254 e. The van der Waals surface area contributed by atoms with Crippen LogP contribution >= 0.6 is 23.5 Å². The van der Waals surface area contributed by atoms with Crippen molar-refractivity contribution in [1.82, 2.24) is 13.6 Å². The number of carbonyl (C=O) groups excluding carboxylic acids is 1. The summed E-state index contributed by atoms with van der Waals surface area (Å²) in [6.45, 7) is 0.904. The number of hydrogen-bond donors (Lipinski definition) is 0. The van der Waals surface area contributed by atoms with Gasteiger partial charge in [0.25, 0.3) is 5.91 Å². The van der Waals surface area contributed by atoms with Crippen LogP contribution in [0.15, 0.2) is 18.2 Å². The van der Waals surface area contributed by atoms with E-state index in [0.29, 0.717) is 11.3 Å². The molecule has 2 bridgehead atoms. The van der Waals surface area contributed by atoms with Gasteiger partial charge in [-0.3, -0.25) is 4.79 Å². The molecule has 2 unspecified atom stereocenters. The molecule has 0 saturated carbocycles. The zero-order chi connectivity index (χ0) is 12.1. The standard InChI is InChI=1S/C12H11N3OS2/c16-12(15-5-9-4-8(15)6-17-9)7-1-2-10-11(3-7)14-18-13-10/h1-3,8-9H,4-6H2. The average molecular weight is 277 g/mol. The van der Waals surface area contributed by atoms with E-state index in [1.807, 2.05) is 34.9 Å². The van der Waals surface area contributed by atoms with E-state index in [-0.39, 0.29) is 5.91 Å². The molecular formula is C12H11N3OS2. The second kappa shape index (κ2) is 3.93. The van der Waals surface area contributed by atoms with Crippen LogP contribution < -0.4 is 0 Å². The van der Waals surface area contributed by atoms with Crippen LogP contribution in [0.3, 0.4) is 0 Å². The number of likely N-dealkylation sites (tertiary alicyclic amines) is 1. The van der Waals surface area contributed by atoms with Crippen LogP contribution in [0, 0.1) is 0 Å². The predicted molar refractivity (Wildman–Crippen MR) is 73.1 cm³/mol. The van der Waals surface area contributed by atoms with Gasteiger partial charge in [-0.1, -0.05) is 0 Å². The van der Waals surface area contributed by atoms with Gasteiger partial charge in [-0.25, -0.2) is 0 Å². The van der Waals surface area contributed by atoms with Gasteiger partial charge in [0.1, 0.15) is 11.0 Å². The van der Waals surface area contributed by atoms with Crippen LogP contribution in [0.2, 0.25) is 0 Å². The minimum Gasteiger partial charge on any atom is -0.334 e. The van der Waals surface area contributed by atoms with Gasteiger partial charge in [0.15, 0.2) is 0 Å². The minimum atomic E-state index is 0.151. The van der Waals surface area contributed by atoms with E-state index >= 15 is 0 Å². The van der Waals surface area contributed by atoms with Gasteiger partial charge >= 0.3 is 0 Å². The molecule has 1 aromatic carbocycles. The second-order valence-electron chi connectivity index (χ2n) is 4.77. The average Bonchev–Trinajstić information content (AvgIpc) is 3.12. The van der Waals surface area contributed by atoms with E-state index in [9.17, 15) is 4.79 Å². The lowest BCUT2D eigenvalue weighted by atomic mass is 10.1. The predicted octanol–water partition coefficient (Wildman–Crippen LogP) is 2.02. The molecule has 2 aliphatic rings. The quantitative estimate of drug-likeness (QED) is 0.800. The van der Waals surface area contributed by atoms with Crippen LogP contribution in [-0.2, 0) is 0 Å². The fraction of sp³-hybridized carbons (Fsp3) is 0.417. The molecule has 0 N–H and O–H groups in total. The summed E-state index contributed by atoms with van der Waals surface area (Å²) < 4.78 is 8.35. The molecule has 4 rings (SSSR count). The first-order chi connectivity index (χ1) is 8.81. The van der Waals surface area contributed by atoms with Crippen molar-refractivity contribution in [3.63, 3.8) is 0 Å². The van der Waals surface area contributed by atoms with E-state index < -0.39 is 0 Å². The topological polar surface area (TPSA) is 46.1 Å². The Hall–Kier alpha value is -1.14. The van der Waals surface area contributed by atoms with Crippen molar-refractivity contribution >= 4 is 40.4 Å². The third kappa shape index (κ3) is 1.55. The number of benzene rings is 1. The highest BCUT2D eigenvalue weighted by Gasteiger charge is 2.41. The Kier molecular flexibility index (Phi) is 2.35. The Morgan fingerprint density at radius 2 is 2.22 bits per heavy atom. The van der Waals surface area contributed by atoms with Crippen LogP contribution in [0.25, 0.3) is 11.0 Å². The molecule has 1 amide bonds. The zero-order valence-corrected chi connectivity index (χ0v) is 11.2. The number of fused-ring (bicyclic) bond motifs is 3. The monoisotopic (exact) mass is 277 g/mol. The lowest BCUT2D eigenvalue weighted by Gasteiger charge is -2.26. The minimum absolute atomic E-state index is 0.151. The Morgan fingerprint density at radius 1 is 1.33 bits per heavy atom. The van der Waals surface area contributed by atoms with Crippen molar-refractivity contribution in [2.45, 2.75) is 17.7 Å². The first-order valence-corrected chi connectivity index (χ1v) is 7.74. The van der Waals surface area contributed by atoms with E-state index in [1.54, 1.807) is 0 Å². The van der Waals surface area contributed by atoms with Crippen LogP contribution in [0.4, 0.5) is 0 Å². The third-order valence-electron chi connectivity index (χ3n) is 3.66. The van der Waals surface area contributed by atoms with Gasteiger partial charge in [-0.05, 0) is 24.6 Å². The van der Waals surface area contributed by atoms with Crippen molar-refractivity contribution in [1.29, 1.82) is 0 Å². The fourth-order valence-corrected chi connectivity index (χ4v) is 4.68. The highest BCUT2D eigenvalue weighted by Crippen LogP contribution is 2.38. The van der Waals surface area contributed by atoms with Gasteiger partial charge in [0.05, 0.1) is 11.7 Å². The molecule has 2 atom stereocenters.